The smallest absolute Gasteiger partial charge is 0.411 e. The Kier molecular flexibility index (Phi) is 5.68. The van der Waals surface area contributed by atoms with Crippen LogP contribution < -0.4 is 11.1 Å². The maximum Gasteiger partial charge on any atom is 0.411 e. The number of carbonyl (C=O) groups is 1. The molecule has 18 heavy (non-hydrogen) atoms. The minimum absolute atomic E-state index is 0.0529. The predicted octanol–water partition coefficient (Wildman–Crippen LogP) is 2.55. The van der Waals surface area contributed by atoms with Crippen LogP contribution in [0, 0.1) is 0 Å². The second kappa shape index (κ2) is 6.80. The molecule has 0 saturated heterocycles. The molecular weight excluding hydrogens is 279 g/mol. The van der Waals surface area contributed by atoms with E-state index in [0.29, 0.717) is 5.56 Å². The van der Waals surface area contributed by atoms with Gasteiger partial charge in [0.25, 0.3) is 0 Å². The molecule has 0 saturated carbocycles. The molecule has 0 aliphatic heterocycles. The summed E-state index contributed by atoms with van der Waals surface area (Å²) in [6.45, 7) is 1.98. The van der Waals surface area contributed by atoms with Crippen molar-refractivity contribution < 1.29 is 14.6 Å². The number of aliphatic hydroxyl groups is 1. The second-order valence-corrected chi connectivity index (χ2v) is 4.27. The van der Waals surface area contributed by atoms with Gasteiger partial charge in [0.05, 0.1) is 28.4 Å². The summed E-state index contributed by atoms with van der Waals surface area (Å²) in [5.41, 5.74) is 6.07. The molecule has 0 bridgehead atoms. The Labute approximate surface area is 115 Å². The first kappa shape index (κ1) is 15.0. The van der Waals surface area contributed by atoms with Gasteiger partial charge in [-0.2, -0.15) is 0 Å². The monoisotopic (exact) mass is 292 g/mol. The molecule has 1 aromatic carbocycles. The minimum Gasteiger partial charge on any atom is -0.450 e. The van der Waals surface area contributed by atoms with E-state index >= 15 is 0 Å². The molecule has 0 radical (unpaired) electrons. The van der Waals surface area contributed by atoms with Crippen LogP contribution >= 0.6 is 23.2 Å². The van der Waals surface area contributed by atoms with Gasteiger partial charge in [-0.05, 0) is 24.6 Å². The number of carbonyl (C=O) groups excluding carboxylic acids is 1. The maximum atomic E-state index is 11.3. The van der Waals surface area contributed by atoms with E-state index in [4.69, 9.17) is 33.7 Å². The van der Waals surface area contributed by atoms with Gasteiger partial charge < -0.3 is 15.6 Å². The van der Waals surface area contributed by atoms with Crippen LogP contribution in [-0.4, -0.2) is 24.4 Å². The summed E-state index contributed by atoms with van der Waals surface area (Å²) in [4.78, 5) is 11.3. The molecule has 0 fully saturated rings. The van der Waals surface area contributed by atoms with Gasteiger partial charge in [0.1, 0.15) is 0 Å². The zero-order valence-corrected chi connectivity index (χ0v) is 11.3. The van der Waals surface area contributed by atoms with Crippen molar-refractivity contribution >= 4 is 35.0 Å². The molecule has 4 N–H and O–H groups in total. The van der Waals surface area contributed by atoms with E-state index in [9.17, 15) is 9.90 Å². The van der Waals surface area contributed by atoms with Gasteiger partial charge in [-0.1, -0.05) is 23.2 Å². The van der Waals surface area contributed by atoms with Crippen LogP contribution in [0.1, 0.15) is 18.6 Å². The Morgan fingerprint density at radius 2 is 2.06 bits per heavy atom. The number of aliphatic hydroxyl groups excluding tert-OH is 1. The minimum atomic E-state index is -0.850. The molecule has 1 rings (SSSR count). The number of hydrogen-bond acceptors (Lipinski definition) is 4. The highest BCUT2D eigenvalue weighted by atomic mass is 35.5. The molecular formula is C11H14Cl2N2O3. The summed E-state index contributed by atoms with van der Waals surface area (Å²) >= 11 is 11.9. The highest BCUT2D eigenvalue weighted by molar-refractivity contribution is 6.39. The SMILES string of the molecule is CCOC(=O)Nc1c(Cl)cc([C@@H](O)CN)cc1Cl. The van der Waals surface area contributed by atoms with Gasteiger partial charge in [-0.15, -0.1) is 0 Å². The number of benzene rings is 1. The van der Waals surface area contributed by atoms with Crippen LogP contribution in [0.25, 0.3) is 0 Å². The van der Waals surface area contributed by atoms with Gasteiger partial charge in [0, 0.05) is 6.54 Å². The van der Waals surface area contributed by atoms with Crippen molar-refractivity contribution in [2.45, 2.75) is 13.0 Å². The van der Waals surface area contributed by atoms with E-state index in [1.165, 1.54) is 12.1 Å². The number of rotatable bonds is 4. The van der Waals surface area contributed by atoms with Crippen LogP contribution in [0.5, 0.6) is 0 Å². The molecule has 0 aliphatic rings. The summed E-state index contributed by atoms with van der Waals surface area (Å²) in [6, 6.07) is 2.99. The highest BCUT2D eigenvalue weighted by Crippen LogP contribution is 2.33. The average molecular weight is 293 g/mol. The van der Waals surface area contributed by atoms with Gasteiger partial charge >= 0.3 is 6.09 Å². The maximum absolute atomic E-state index is 11.3. The van der Waals surface area contributed by atoms with Crippen molar-refractivity contribution in [3.8, 4) is 0 Å². The lowest BCUT2D eigenvalue weighted by molar-refractivity contribution is 0.168. The number of nitrogens with two attached hydrogens (primary N) is 1. The zero-order chi connectivity index (χ0) is 13.7. The fourth-order valence-electron chi connectivity index (χ4n) is 1.31. The fraction of sp³-hybridized carbons (Fsp3) is 0.364. The van der Waals surface area contributed by atoms with Crippen molar-refractivity contribution in [3.63, 3.8) is 0 Å². The number of ether oxygens (including phenoxy) is 1. The van der Waals surface area contributed by atoms with Crippen molar-refractivity contribution in [1.29, 1.82) is 0 Å². The normalized spacial score (nSPS) is 12.1. The van der Waals surface area contributed by atoms with Crippen LogP contribution in [0.2, 0.25) is 10.0 Å². The topological polar surface area (TPSA) is 84.6 Å². The lowest BCUT2D eigenvalue weighted by Gasteiger charge is -2.13. The van der Waals surface area contributed by atoms with Crippen LogP contribution in [0.15, 0.2) is 12.1 Å². The third-order valence-corrected chi connectivity index (χ3v) is 2.77. The Morgan fingerprint density at radius 3 is 2.50 bits per heavy atom. The van der Waals surface area contributed by atoms with Gasteiger partial charge in [0.2, 0.25) is 0 Å². The molecule has 7 heteroatoms. The molecule has 5 nitrogen and oxygen atoms in total. The Bertz CT molecular complexity index is 417. The Morgan fingerprint density at radius 1 is 1.50 bits per heavy atom. The summed E-state index contributed by atoms with van der Waals surface area (Å²) in [7, 11) is 0. The molecule has 0 heterocycles. The predicted molar refractivity (Wildman–Crippen MR) is 71.1 cm³/mol. The first-order valence-corrected chi connectivity index (χ1v) is 6.06. The summed E-state index contributed by atoms with van der Waals surface area (Å²) < 4.78 is 4.72. The molecule has 0 unspecified atom stereocenters. The van der Waals surface area contributed by atoms with E-state index in [1.807, 2.05) is 0 Å². The Balaban J connectivity index is 2.98. The number of anilines is 1. The second-order valence-electron chi connectivity index (χ2n) is 3.46. The first-order valence-electron chi connectivity index (χ1n) is 5.30. The van der Waals surface area contributed by atoms with E-state index < -0.39 is 12.2 Å². The largest absolute Gasteiger partial charge is 0.450 e. The lowest BCUT2D eigenvalue weighted by atomic mass is 10.1. The summed E-state index contributed by atoms with van der Waals surface area (Å²) in [5.74, 6) is 0. The van der Waals surface area contributed by atoms with E-state index in [-0.39, 0.29) is 28.9 Å². The van der Waals surface area contributed by atoms with Crippen molar-refractivity contribution in [2.24, 2.45) is 5.73 Å². The highest BCUT2D eigenvalue weighted by Gasteiger charge is 2.14. The number of halogens is 2. The standard InChI is InChI=1S/C11H14Cl2N2O3/c1-2-18-11(17)15-10-7(12)3-6(4-8(10)13)9(16)5-14/h3-4,9,16H,2,5,14H2,1H3,(H,15,17)/t9-/m0/s1. The molecule has 0 aromatic heterocycles. The molecule has 100 valence electrons. The van der Waals surface area contributed by atoms with Crippen LogP contribution in [0.3, 0.4) is 0 Å². The first-order chi connectivity index (χ1) is 8.49. The number of amides is 1. The molecule has 0 aliphatic carbocycles. The third kappa shape index (κ3) is 3.74. The van der Waals surface area contributed by atoms with E-state index in [2.05, 4.69) is 5.32 Å². The quantitative estimate of drug-likeness (QED) is 0.796. The summed E-state index contributed by atoms with van der Waals surface area (Å²) in [6.07, 6.45) is -1.50. The number of nitrogens with one attached hydrogen (secondary N) is 1. The molecule has 1 atom stereocenters. The Hall–Kier alpha value is -1.01. The molecule has 1 aromatic rings. The fourth-order valence-corrected chi connectivity index (χ4v) is 1.91. The van der Waals surface area contributed by atoms with E-state index in [1.54, 1.807) is 6.92 Å². The van der Waals surface area contributed by atoms with Crippen molar-refractivity contribution in [3.05, 3.63) is 27.7 Å². The van der Waals surface area contributed by atoms with Crippen molar-refractivity contribution in [2.75, 3.05) is 18.5 Å². The molecule has 0 spiro atoms. The average Bonchev–Trinajstić information content (AvgIpc) is 2.32. The van der Waals surface area contributed by atoms with Gasteiger partial charge in [-0.3, -0.25) is 5.32 Å². The summed E-state index contributed by atoms with van der Waals surface area (Å²) in [5, 5.41) is 12.4. The number of hydrogen-bond donors (Lipinski definition) is 3. The molecule has 1 amide bonds. The van der Waals surface area contributed by atoms with Crippen LogP contribution in [-0.2, 0) is 4.74 Å². The van der Waals surface area contributed by atoms with Gasteiger partial charge in [-0.25, -0.2) is 4.79 Å². The van der Waals surface area contributed by atoms with Gasteiger partial charge in [0.15, 0.2) is 0 Å². The van der Waals surface area contributed by atoms with E-state index in [0.717, 1.165) is 0 Å². The lowest BCUT2D eigenvalue weighted by Crippen LogP contribution is -2.15. The third-order valence-electron chi connectivity index (χ3n) is 2.17. The zero-order valence-electron chi connectivity index (χ0n) is 9.74. The van der Waals surface area contributed by atoms with Crippen LogP contribution in [0.4, 0.5) is 10.5 Å². The van der Waals surface area contributed by atoms with Crippen molar-refractivity contribution in [1.82, 2.24) is 0 Å².